The van der Waals surface area contributed by atoms with Crippen LogP contribution < -0.4 is 5.32 Å². The quantitative estimate of drug-likeness (QED) is 0.144. The van der Waals surface area contributed by atoms with Crippen LogP contribution in [0.3, 0.4) is 0 Å². The van der Waals surface area contributed by atoms with Gasteiger partial charge in [-0.05, 0) is 42.5 Å². The predicted octanol–water partition coefficient (Wildman–Crippen LogP) is 2.05. The van der Waals surface area contributed by atoms with Crippen molar-refractivity contribution in [2.45, 2.75) is 52.1 Å². The second kappa shape index (κ2) is 16.8. The van der Waals surface area contributed by atoms with E-state index in [4.69, 9.17) is 5.11 Å². The molecule has 0 radical (unpaired) electrons. The summed E-state index contributed by atoms with van der Waals surface area (Å²) < 4.78 is 0. The molecule has 2 rings (SSSR count). The summed E-state index contributed by atoms with van der Waals surface area (Å²) in [7, 11) is 0. The van der Waals surface area contributed by atoms with Gasteiger partial charge >= 0.3 is 17.9 Å². The SMILES string of the molecule is CCCNC(=O)CCc1ccc(O)c(CN(CCN(CC(=O)O)Cc2cc(CCC(=O)O)ccc2O)CC(=O)O)c1. The minimum Gasteiger partial charge on any atom is -0.508 e. The average molecular weight is 574 g/mol. The number of aliphatic carboxylic acids is 3. The molecule has 0 unspecified atom stereocenters. The molecule has 41 heavy (non-hydrogen) atoms. The maximum atomic E-state index is 12.0. The zero-order valence-corrected chi connectivity index (χ0v) is 23.2. The fraction of sp³-hybridized carbons (Fsp3) is 0.448. The zero-order chi connectivity index (χ0) is 30.4. The van der Waals surface area contributed by atoms with Crippen LogP contribution in [-0.2, 0) is 45.1 Å². The van der Waals surface area contributed by atoms with E-state index < -0.39 is 17.9 Å². The molecule has 0 aliphatic carbocycles. The zero-order valence-electron chi connectivity index (χ0n) is 23.2. The Morgan fingerprint density at radius 2 is 1.17 bits per heavy atom. The largest absolute Gasteiger partial charge is 0.508 e. The normalized spacial score (nSPS) is 11.1. The molecule has 0 fully saturated rings. The van der Waals surface area contributed by atoms with Crippen molar-refractivity contribution in [1.29, 1.82) is 0 Å². The van der Waals surface area contributed by atoms with Gasteiger partial charge in [-0.25, -0.2) is 0 Å². The first-order chi connectivity index (χ1) is 19.5. The van der Waals surface area contributed by atoms with E-state index in [9.17, 15) is 39.6 Å². The van der Waals surface area contributed by atoms with Gasteiger partial charge in [0.15, 0.2) is 0 Å². The molecule has 12 heteroatoms. The highest BCUT2D eigenvalue weighted by Gasteiger charge is 2.18. The van der Waals surface area contributed by atoms with Crippen molar-refractivity contribution < 1.29 is 44.7 Å². The molecule has 224 valence electrons. The number of aromatic hydroxyl groups is 2. The second-order valence-corrected chi connectivity index (χ2v) is 9.88. The molecule has 0 saturated carbocycles. The van der Waals surface area contributed by atoms with Gasteiger partial charge < -0.3 is 30.8 Å². The summed E-state index contributed by atoms with van der Waals surface area (Å²) in [6.07, 6.45) is 1.71. The molecule has 0 aliphatic heterocycles. The Hall–Kier alpha value is -4.16. The van der Waals surface area contributed by atoms with E-state index in [1.165, 1.54) is 12.1 Å². The molecule has 2 aromatic rings. The van der Waals surface area contributed by atoms with E-state index in [2.05, 4.69) is 5.32 Å². The first kappa shape index (κ1) is 33.0. The van der Waals surface area contributed by atoms with Crippen LogP contribution in [0.1, 0.15) is 48.4 Å². The number of phenolic OH excluding ortho intramolecular Hbond substituents is 2. The minimum absolute atomic E-state index is 0.0231. The lowest BCUT2D eigenvalue weighted by Gasteiger charge is -2.26. The van der Waals surface area contributed by atoms with Crippen LogP contribution in [0.5, 0.6) is 11.5 Å². The van der Waals surface area contributed by atoms with E-state index in [0.717, 1.165) is 12.0 Å². The Labute approximate surface area is 238 Å². The number of hydrogen-bond acceptors (Lipinski definition) is 8. The van der Waals surface area contributed by atoms with Gasteiger partial charge in [0.05, 0.1) is 13.1 Å². The molecule has 0 aromatic heterocycles. The van der Waals surface area contributed by atoms with Crippen molar-refractivity contribution in [3.63, 3.8) is 0 Å². The highest BCUT2D eigenvalue weighted by Crippen LogP contribution is 2.23. The Morgan fingerprint density at radius 1 is 0.707 bits per heavy atom. The van der Waals surface area contributed by atoms with Crippen LogP contribution in [0.15, 0.2) is 36.4 Å². The van der Waals surface area contributed by atoms with Crippen LogP contribution in [0.25, 0.3) is 0 Å². The lowest BCUT2D eigenvalue weighted by Crippen LogP contribution is -2.39. The fourth-order valence-electron chi connectivity index (χ4n) is 4.28. The van der Waals surface area contributed by atoms with Gasteiger partial charge in [0.25, 0.3) is 0 Å². The van der Waals surface area contributed by atoms with Gasteiger partial charge in [-0.3, -0.25) is 29.0 Å². The third kappa shape index (κ3) is 12.7. The van der Waals surface area contributed by atoms with Crippen LogP contribution in [0.4, 0.5) is 0 Å². The molecule has 2 aromatic carbocycles. The highest BCUT2D eigenvalue weighted by molar-refractivity contribution is 5.76. The third-order valence-corrected chi connectivity index (χ3v) is 6.37. The van der Waals surface area contributed by atoms with Crippen molar-refractivity contribution in [3.05, 3.63) is 58.7 Å². The van der Waals surface area contributed by atoms with E-state index in [0.29, 0.717) is 29.7 Å². The molecule has 0 spiro atoms. The van der Waals surface area contributed by atoms with Gasteiger partial charge in [0.1, 0.15) is 11.5 Å². The topological polar surface area (TPSA) is 188 Å². The number of amides is 1. The van der Waals surface area contributed by atoms with E-state index in [-0.39, 0.29) is 75.9 Å². The molecule has 1 amide bonds. The number of rotatable bonds is 19. The van der Waals surface area contributed by atoms with Crippen molar-refractivity contribution in [2.24, 2.45) is 0 Å². The number of aryl methyl sites for hydroxylation is 2. The average Bonchev–Trinajstić information content (AvgIpc) is 2.90. The first-order valence-electron chi connectivity index (χ1n) is 13.4. The maximum Gasteiger partial charge on any atom is 0.317 e. The predicted molar refractivity (Wildman–Crippen MR) is 150 cm³/mol. The first-order valence-corrected chi connectivity index (χ1v) is 13.4. The van der Waals surface area contributed by atoms with Crippen molar-refractivity contribution >= 4 is 23.8 Å². The number of carboxylic acid groups (broad SMARTS) is 3. The minimum atomic E-state index is -1.11. The van der Waals surface area contributed by atoms with E-state index in [1.807, 2.05) is 6.92 Å². The van der Waals surface area contributed by atoms with E-state index >= 15 is 0 Å². The van der Waals surface area contributed by atoms with Gasteiger partial charge in [-0.1, -0.05) is 31.2 Å². The Kier molecular flexibility index (Phi) is 13.6. The molecule has 6 N–H and O–H groups in total. The summed E-state index contributed by atoms with van der Waals surface area (Å²) in [6, 6.07) is 9.62. The molecule has 0 bridgehead atoms. The lowest BCUT2D eigenvalue weighted by atomic mass is 10.0. The second-order valence-electron chi connectivity index (χ2n) is 9.88. The maximum absolute atomic E-state index is 12.0. The fourth-order valence-corrected chi connectivity index (χ4v) is 4.28. The van der Waals surface area contributed by atoms with Gasteiger partial charge in [0, 0.05) is 56.7 Å². The van der Waals surface area contributed by atoms with Crippen LogP contribution in [-0.4, -0.2) is 91.9 Å². The number of phenols is 2. The lowest BCUT2D eigenvalue weighted by molar-refractivity contribution is -0.140. The Morgan fingerprint density at radius 3 is 1.59 bits per heavy atom. The molecule has 12 nitrogen and oxygen atoms in total. The molecule has 0 atom stereocenters. The van der Waals surface area contributed by atoms with Crippen LogP contribution >= 0.6 is 0 Å². The number of carbonyl (C=O) groups is 4. The van der Waals surface area contributed by atoms with Gasteiger partial charge in [-0.15, -0.1) is 0 Å². The molecule has 0 saturated heterocycles. The van der Waals surface area contributed by atoms with Gasteiger partial charge in [-0.2, -0.15) is 0 Å². The standard InChI is InChI=1S/C29H39N3O9/c1-2-11-30-26(35)9-5-20-3-7-24(33)22(14-20)16-31(18-28(38)39)12-13-32(19-29(40)41)17-23-15-21(4-8-25(23)34)6-10-27(36)37/h3-4,7-8,14-15,33-34H,2,5-6,9-13,16-19H2,1H3,(H,30,35)(H,36,37)(H,38,39)(H,40,41). The molecular weight excluding hydrogens is 534 g/mol. The molecule has 0 aliphatic rings. The summed E-state index contributed by atoms with van der Waals surface area (Å²) >= 11 is 0. The Balaban J connectivity index is 2.13. The molecular formula is C29H39N3O9. The van der Waals surface area contributed by atoms with Crippen molar-refractivity contribution in [2.75, 3.05) is 32.7 Å². The summed E-state index contributed by atoms with van der Waals surface area (Å²) in [4.78, 5) is 49.1. The summed E-state index contributed by atoms with van der Waals surface area (Å²) in [5.41, 5.74) is 2.39. The summed E-state index contributed by atoms with van der Waals surface area (Å²) in [5, 5.41) is 51.4. The van der Waals surface area contributed by atoms with Crippen LogP contribution in [0.2, 0.25) is 0 Å². The summed E-state index contributed by atoms with van der Waals surface area (Å²) in [5.74, 6) is -3.32. The Bertz CT molecular complexity index is 1200. The molecule has 0 heterocycles. The number of nitrogens with one attached hydrogen (secondary N) is 1. The number of nitrogens with zero attached hydrogens (tertiary/aromatic N) is 2. The van der Waals surface area contributed by atoms with E-state index in [1.54, 1.807) is 34.1 Å². The number of carbonyl (C=O) groups excluding carboxylic acids is 1. The number of benzene rings is 2. The van der Waals surface area contributed by atoms with Gasteiger partial charge in [0.2, 0.25) is 5.91 Å². The van der Waals surface area contributed by atoms with Crippen molar-refractivity contribution in [3.8, 4) is 11.5 Å². The van der Waals surface area contributed by atoms with Crippen molar-refractivity contribution in [1.82, 2.24) is 15.1 Å². The van der Waals surface area contributed by atoms with Crippen LogP contribution in [0, 0.1) is 0 Å². The third-order valence-electron chi connectivity index (χ3n) is 6.37. The monoisotopic (exact) mass is 573 g/mol. The summed E-state index contributed by atoms with van der Waals surface area (Å²) in [6.45, 7) is 2.21. The smallest absolute Gasteiger partial charge is 0.317 e. The number of hydrogen-bond donors (Lipinski definition) is 6. The highest BCUT2D eigenvalue weighted by atomic mass is 16.4. The number of carboxylic acids is 3.